The Morgan fingerprint density at radius 1 is 0.625 bits per heavy atom. The average Bonchev–Trinajstić information content (AvgIpc) is 2.30. The van der Waals surface area contributed by atoms with Crippen molar-refractivity contribution in [2.75, 3.05) is 0 Å². The number of hydrogen-bond acceptors (Lipinski definition) is 0. The molecule has 0 aliphatic carbocycles. The second-order valence-corrected chi connectivity index (χ2v) is 5.03. The van der Waals surface area contributed by atoms with Crippen molar-refractivity contribution >= 4 is 0 Å². The van der Waals surface area contributed by atoms with E-state index in [-0.39, 0.29) is 6.10 Å². The van der Waals surface area contributed by atoms with Gasteiger partial charge in [0.15, 0.2) is 0 Å². The molecule has 0 saturated carbocycles. The third kappa shape index (κ3) is 12.0. The van der Waals surface area contributed by atoms with Gasteiger partial charge in [-0.15, -0.1) is 0 Å². The van der Waals surface area contributed by atoms with Gasteiger partial charge in [-0.2, -0.15) is 0 Å². The van der Waals surface area contributed by atoms with Crippen LogP contribution >= 0.6 is 0 Å². The highest BCUT2D eigenvalue weighted by Gasteiger charge is 2.04. The van der Waals surface area contributed by atoms with Crippen LogP contribution in [0.1, 0.15) is 90.9 Å². The molecule has 0 rings (SSSR count). The van der Waals surface area contributed by atoms with E-state index in [0.717, 1.165) is 32.1 Å². The molecule has 16 heavy (non-hydrogen) atoms. The maximum absolute atomic E-state index is 11.5. The first-order chi connectivity index (χ1) is 7.81. The fourth-order valence-corrected chi connectivity index (χ4v) is 2.08. The van der Waals surface area contributed by atoms with Crippen LogP contribution in [0.25, 0.3) is 0 Å². The molecular formula is C15H31O. The molecule has 0 aliphatic rings. The molecule has 0 spiro atoms. The van der Waals surface area contributed by atoms with Gasteiger partial charge in [0.1, 0.15) is 0 Å². The Hall–Kier alpha value is -0.0400. The smallest absolute Gasteiger partial charge is 0.0930 e. The maximum atomic E-state index is 11.5. The molecule has 0 aromatic rings. The summed E-state index contributed by atoms with van der Waals surface area (Å²) >= 11 is 0. The summed E-state index contributed by atoms with van der Waals surface area (Å²) < 4.78 is 0. The van der Waals surface area contributed by atoms with E-state index in [0.29, 0.717) is 0 Å². The summed E-state index contributed by atoms with van der Waals surface area (Å²) in [6, 6.07) is 0. The van der Waals surface area contributed by atoms with Gasteiger partial charge in [0.05, 0.1) is 6.10 Å². The van der Waals surface area contributed by atoms with E-state index < -0.39 is 0 Å². The van der Waals surface area contributed by atoms with E-state index in [1.54, 1.807) is 0 Å². The monoisotopic (exact) mass is 227 g/mol. The van der Waals surface area contributed by atoms with Crippen molar-refractivity contribution in [1.82, 2.24) is 0 Å². The summed E-state index contributed by atoms with van der Waals surface area (Å²) in [5.74, 6) is 0. The lowest BCUT2D eigenvalue weighted by Gasteiger charge is -2.07. The first-order valence-electron chi connectivity index (χ1n) is 7.47. The normalized spacial score (nSPS) is 12.9. The first-order valence-corrected chi connectivity index (χ1v) is 7.47. The molecule has 0 N–H and O–H groups in total. The van der Waals surface area contributed by atoms with Crippen LogP contribution in [0, 0.1) is 0 Å². The van der Waals surface area contributed by atoms with Crippen molar-refractivity contribution in [2.45, 2.75) is 97.0 Å². The minimum Gasteiger partial charge on any atom is -0.233 e. The number of hydrogen-bond donors (Lipinski definition) is 0. The third-order valence-electron chi connectivity index (χ3n) is 3.26. The minimum absolute atomic E-state index is 0.278. The van der Waals surface area contributed by atoms with E-state index >= 15 is 0 Å². The summed E-state index contributed by atoms with van der Waals surface area (Å²) in [5.41, 5.74) is 0. The lowest BCUT2D eigenvalue weighted by molar-refractivity contribution is 0.0693. The predicted molar refractivity (Wildman–Crippen MR) is 71.2 cm³/mol. The first kappa shape index (κ1) is 16.0. The van der Waals surface area contributed by atoms with E-state index in [1.807, 2.05) is 0 Å². The van der Waals surface area contributed by atoms with Gasteiger partial charge in [0.2, 0.25) is 0 Å². The van der Waals surface area contributed by atoms with Gasteiger partial charge in [-0.3, -0.25) is 0 Å². The van der Waals surface area contributed by atoms with Gasteiger partial charge in [0, 0.05) is 0 Å². The highest BCUT2D eigenvalue weighted by Crippen LogP contribution is 2.13. The lowest BCUT2D eigenvalue weighted by atomic mass is 10.0. The lowest BCUT2D eigenvalue weighted by Crippen LogP contribution is -2.03. The highest BCUT2D eigenvalue weighted by atomic mass is 16.3. The summed E-state index contributed by atoms with van der Waals surface area (Å²) in [7, 11) is 0. The van der Waals surface area contributed by atoms with Gasteiger partial charge in [-0.05, 0) is 12.8 Å². The quantitative estimate of drug-likeness (QED) is 0.392. The van der Waals surface area contributed by atoms with Crippen LogP contribution in [0.2, 0.25) is 0 Å². The standard InChI is InChI=1S/C15H31O/c1-3-5-7-8-9-10-11-12-14-15(16)13-6-4-2/h15H,3-14H2,1-2H3. The van der Waals surface area contributed by atoms with Gasteiger partial charge in [-0.25, -0.2) is 5.11 Å². The zero-order valence-electron chi connectivity index (χ0n) is 11.5. The zero-order valence-corrected chi connectivity index (χ0v) is 11.5. The van der Waals surface area contributed by atoms with E-state index in [1.165, 1.54) is 44.9 Å². The van der Waals surface area contributed by atoms with Crippen LogP contribution < -0.4 is 0 Å². The Morgan fingerprint density at radius 2 is 1.06 bits per heavy atom. The minimum atomic E-state index is -0.278. The van der Waals surface area contributed by atoms with Crippen LogP contribution in [0.4, 0.5) is 0 Å². The van der Waals surface area contributed by atoms with Crippen LogP contribution in [-0.2, 0) is 5.11 Å². The second-order valence-electron chi connectivity index (χ2n) is 5.03. The predicted octanol–water partition coefficient (Wildman–Crippen LogP) is 5.51. The average molecular weight is 227 g/mol. The molecule has 0 heterocycles. The molecule has 1 unspecified atom stereocenters. The molecule has 0 amide bonds. The molecule has 0 aliphatic heterocycles. The molecule has 1 heteroatoms. The molecule has 1 atom stereocenters. The molecule has 0 aromatic carbocycles. The van der Waals surface area contributed by atoms with Crippen LogP contribution in [0.3, 0.4) is 0 Å². The largest absolute Gasteiger partial charge is 0.233 e. The Balaban J connectivity index is 3.02. The van der Waals surface area contributed by atoms with Crippen LogP contribution in [0.15, 0.2) is 0 Å². The fraction of sp³-hybridized carbons (Fsp3) is 1.00. The van der Waals surface area contributed by atoms with Crippen molar-refractivity contribution in [1.29, 1.82) is 0 Å². The molecule has 97 valence electrons. The van der Waals surface area contributed by atoms with Gasteiger partial charge in [-0.1, -0.05) is 78.1 Å². The Bertz CT molecular complexity index is 123. The number of rotatable bonds is 12. The molecule has 0 saturated heterocycles. The Kier molecular flexibility index (Phi) is 13.0. The zero-order chi connectivity index (χ0) is 12.1. The van der Waals surface area contributed by atoms with Crippen LogP contribution in [-0.4, -0.2) is 6.10 Å². The molecule has 1 radical (unpaired) electrons. The van der Waals surface area contributed by atoms with E-state index in [9.17, 15) is 5.11 Å². The van der Waals surface area contributed by atoms with Crippen molar-refractivity contribution in [3.8, 4) is 0 Å². The van der Waals surface area contributed by atoms with Crippen molar-refractivity contribution in [2.24, 2.45) is 0 Å². The van der Waals surface area contributed by atoms with Gasteiger partial charge < -0.3 is 0 Å². The Morgan fingerprint density at radius 3 is 1.62 bits per heavy atom. The fourth-order valence-electron chi connectivity index (χ4n) is 2.08. The van der Waals surface area contributed by atoms with Crippen molar-refractivity contribution in [3.05, 3.63) is 0 Å². The highest BCUT2D eigenvalue weighted by molar-refractivity contribution is 4.56. The molecule has 0 bridgehead atoms. The van der Waals surface area contributed by atoms with E-state index in [2.05, 4.69) is 13.8 Å². The van der Waals surface area contributed by atoms with Gasteiger partial charge in [0.25, 0.3) is 0 Å². The second kappa shape index (κ2) is 13.0. The summed E-state index contributed by atoms with van der Waals surface area (Å²) in [6.45, 7) is 4.41. The van der Waals surface area contributed by atoms with Crippen molar-refractivity contribution in [3.63, 3.8) is 0 Å². The number of unbranched alkanes of at least 4 members (excludes halogenated alkanes) is 8. The van der Waals surface area contributed by atoms with Gasteiger partial charge >= 0.3 is 0 Å². The van der Waals surface area contributed by atoms with Crippen molar-refractivity contribution < 1.29 is 5.11 Å². The molecule has 0 aromatic heterocycles. The summed E-state index contributed by atoms with van der Waals surface area (Å²) in [5, 5.41) is 11.5. The summed E-state index contributed by atoms with van der Waals surface area (Å²) in [4.78, 5) is 0. The maximum Gasteiger partial charge on any atom is 0.0930 e. The molecule has 0 fully saturated rings. The molecular weight excluding hydrogens is 196 g/mol. The topological polar surface area (TPSA) is 19.9 Å². The SMILES string of the molecule is CCCCCCCCCCC([O])CCCC. The summed E-state index contributed by atoms with van der Waals surface area (Å²) in [6.07, 6.45) is 14.5. The van der Waals surface area contributed by atoms with E-state index in [4.69, 9.17) is 0 Å². The third-order valence-corrected chi connectivity index (χ3v) is 3.26. The molecule has 1 nitrogen and oxygen atoms in total. The van der Waals surface area contributed by atoms with Crippen LogP contribution in [0.5, 0.6) is 0 Å². The Labute approximate surface area is 103 Å².